The molecule has 11 aromatic rings. The number of nitrogens with one attached hydrogen (secondary N) is 2. The Kier molecular flexibility index (Phi) is 9.18. The van der Waals surface area contributed by atoms with Crippen molar-refractivity contribution in [3.05, 3.63) is 237 Å². The van der Waals surface area contributed by atoms with E-state index in [1.54, 1.807) is 0 Å². The molecule has 3 heteroatoms. The molecule has 0 saturated carbocycles. The lowest BCUT2D eigenvalue weighted by Gasteiger charge is -2.19. The van der Waals surface area contributed by atoms with Gasteiger partial charge in [-0.05, 0) is 105 Å². The molecule has 0 amide bonds. The van der Waals surface area contributed by atoms with Gasteiger partial charge in [-0.15, -0.1) is 0 Å². The van der Waals surface area contributed by atoms with Gasteiger partial charge in [0.15, 0.2) is 0 Å². The van der Waals surface area contributed by atoms with E-state index in [9.17, 15) is 0 Å². The molecule has 0 atom stereocenters. The van der Waals surface area contributed by atoms with Gasteiger partial charge < -0.3 is 15.2 Å². The maximum absolute atomic E-state index is 3.87. The number of anilines is 4. The highest BCUT2D eigenvalue weighted by molar-refractivity contribution is 6.10. The Bertz CT molecular complexity index is 3330. The van der Waals surface area contributed by atoms with Gasteiger partial charge in [-0.2, -0.15) is 0 Å². The molecule has 288 valence electrons. The summed E-state index contributed by atoms with van der Waals surface area (Å²) in [5.41, 5.74) is 17.0. The van der Waals surface area contributed by atoms with Crippen molar-refractivity contribution in [1.82, 2.24) is 4.57 Å². The molecule has 0 unspecified atom stereocenters. The maximum atomic E-state index is 3.87. The van der Waals surface area contributed by atoms with Crippen molar-refractivity contribution in [2.45, 2.75) is 0 Å². The van der Waals surface area contributed by atoms with Crippen molar-refractivity contribution in [1.29, 1.82) is 0 Å². The fourth-order valence-electron chi connectivity index (χ4n) is 8.78. The van der Waals surface area contributed by atoms with Gasteiger partial charge in [0.2, 0.25) is 0 Å². The SMILES string of the molecule is c1ccc(Nc2cc(-c3cc(-c4ccc5c(c4)c4ccccc4n5-c4ccc(-c5ccccc5)cc4)ccc3Nc3cccc4ccccc34)ccc2-c2ccccc2)cc1. The summed E-state index contributed by atoms with van der Waals surface area (Å²) in [7, 11) is 0. The summed E-state index contributed by atoms with van der Waals surface area (Å²) in [6, 6.07) is 84.8. The smallest absolute Gasteiger partial charge is 0.0541 e. The van der Waals surface area contributed by atoms with E-state index >= 15 is 0 Å². The summed E-state index contributed by atoms with van der Waals surface area (Å²) in [6.45, 7) is 0. The second-order valence-corrected chi connectivity index (χ2v) is 15.5. The molecule has 0 saturated heterocycles. The van der Waals surface area contributed by atoms with E-state index in [4.69, 9.17) is 0 Å². The zero-order valence-electron chi connectivity index (χ0n) is 33.5. The molecule has 1 heterocycles. The van der Waals surface area contributed by atoms with E-state index < -0.39 is 0 Å². The average Bonchev–Trinajstić information content (AvgIpc) is 3.66. The fourth-order valence-corrected chi connectivity index (χ4v) is 8.78. The highest BCUT2D eigenvalue weighted by Crippen LogP contribution is 2.42. The molecule has 1 aromatic heterocycles. The van der Waals surface area contributed by atoms with Crippen molar-refractivity contribution >= 4 is 55.3 Å². The predicted molar refractivity (Wildman–Crippen MR) is 259 cm³/mol. The van der Waals surface area contributed by atoms with Gasteiger partial charge in [0.25, 0.3) is 0 Å². The number of rotatable bonds is 9. The van der Waals surface area contributed by atoms with Crippen molar-refractivity contribution in [3.63, 3.8) is 0 Å². The van der Waals surface area contributed by atoms with Crippen LogP contribution >= 0.6 is 0 Å². The van der Waals surface area contributed by atoms with Crippen LogP contribution < -0.4 is 10.6 Å². The van der Waals surface area contributed by atoms with Gasteiger partial charge in [0, 0.05) is 55.7 Å². The number of hydrogen-bond acceptors (Lipinski definition) is 2. The number of hydrogen-bond donors (Lipinski definition) is 2. The van der Waals surface area contributed by atoms with Crippen LogP contribution in [0.25, 0.3) is 82.8 Å². The van der Waals surface area contributed by atoms with Crippen molar-refractivity contribution in [3.8, 4) is 50.2 Å². The topological polar surface area (TPSA) is 29.0 Å². The lowest BCUT2D eigenvalue weighted by atomic mass is 9.93. The van der Waals surface area contributed by atoms with E-state index in [0.29, 0.717) is 0 Å². The predicted octanol–water partition coefficient (Wildman–Crippen LogP) is 16.1. The van der Waals surface area contributed by atoms with Crippen LogP contribution in [-0.4, -0.2) is 4.57 Å². The molecule has 11 rings (SSSR count). The van der Waals surface area contributed by atoms with Crippen LogP contribution in [0, 0.1) is 0 Å². The molecule has 0 aliphatic heterocycles. The van der Waals surface area contributed by atoms with Crippen LogP contribution in [0.3, 0.4) is 0 Å². The van der Waals surface area contributed by atoms with Crippen LogP contribution in [0.4, 0.5) is 22.7 Å². The number of fused-ring (bicyclic) bond motifs is 4. The second kappa shape index (κ2) is 15.6. The van der Waals surface area contributed by atoms with Crippen molar-refractivity contribution in [2.24, 2.45) is 0 Å². The zero-order chi connectivity index (χ0) is 40.5. The Morgan fingerprint density at radius 3 is 1.67 bits per heavy atom. The van der Waals surface area contributed by atoms with Crippen LogP contribution in [-0.2, 0) is 0 Å². The van der Waals surface area contributed by atoms with Gasteiger partial charge in [-0.3, -0.25) is 0 Å². The van der Waals surface area contributed by atoms with E-state index in [0.717, 1.165) is 61.8 Å². The molecular weight excluding hydrogens is 739 g/mol. The van der Waals surface area contributed by atoms with E-state index in [1.165, 1.54) is 43.7 Å². The number of nitrogens with zero attached hydrogens (tertiary/aromatic N) is 1. The Morgan fingerprint density at radius 1 is 0.279 bits per heavy atom. The van der Waals surface area contributed by atoms with E-state index in [-0.39, 0.29) is 0 Å². The molecule has 0 radical (unpaired) electrons. The number of para-hydroxylation sites is 2. The lowest BCUT2D eigenvalue weighted by Crippen LogP contribution is -1.97. The minimum Gasteiger partial charge on any atom is -0.355 e. The largest absolute Gasteiger partial charge is 0.355 e. The van der Waals surface area contributed by atoms with Crippen LogP contribution in [0.2, 0.25) is 0 Å². The normalized spacial score (nSPS) is 11.3. The van der Waals surface area contributed by atoms with Crippen LogP contribution in [0.15, 0.2) is 237 Å². The summed E-state index contributed by atoms with van der Waals surface area (Å²) in [6.07, 6.45) is 0. The molecule has 0 aliphatic carbocycles. The first-order valence-electron chi connectivity index (χ1n) is 20.8. The third kappa shape index (κ3) is 6.88. The summed E-state index contributed by atoms with van der Waals surface area (Å²) in [5.74, 6) is 0. The first-order chi connectivity index (χ1) is 30.2. The minimum atomic E-state index is 1.04. The monoisotopic (exact) mass is 779 g/mol. The Hall–Kier alpha value is -8.14. The summed E-state index contributed by atoms with van der Waals surface area (Å²) >= 11 is 0. The van der Waals surface area contributed by atoms with Crippen LogP contribution in [0.5, 0.6) is 0 Å². The van der Waals surface area contributed by atoms with Crippen molar-refractivity contribution in [2.75, 3.05) is 10.6 Å². The molecular formula is C58H41N3. The molecule has 0 fully saturated rings. The molecule has 61 heavy (non-hydrogen) atoms. The molecule has 0 spiro atoms. The summed E-state index contributed by atoms with van der Waals surface area (Å²) < 4.78 is 2.39. The highest BCUT2D eigenvalue weighted by Gasteiger charge is 2.17. The maximum Gasteiger partial charge on any atom is 0.0541 e. The van der Waals surface area contributed by atoms with Crippen LogP contribution in [0.1, 0.15) is 0 Å². The van der Waals surface area contributed by atoms with E-state index in [2.05, 4.69) is 252 Å². The number of benzene rings is 10. The first kappa shape index (κ1) is 36.0. The Labute approximate surface area is 355 Å². The van der Waals surface area contributed by atoms with Gasteiger partial charge in [-0.25, -0.2) is 0 Å². The highest BCUT2D eigenvalue weighted by atomic mass is 15.0. The average molecular weight is 780 g/mol. The third-order valence-corrected chi connectivity index (χ3v) is 11.8. The lowest BCUT2D eigenvalue weighted by molar-refractivity contribution is 1.18. The summed E-state index contributed by atoms with van der Waals surface area (Å²) in [4.78, 5) is 0. The Balaban J connectivity index is 1.05. The second-order valence-electron chi connectivity index (χ2n) is 15.5. The van der Waals surface area contributed by atoms with Gasteiger partial charge in [0.05, 0.1) is 11.0 Å². The first-order valence-corrected chi connectivity index (χ1v) is 20.8. The molecule has 10 aromatic carbocycles. The van der Waals surface area contributed by atoms with Crippen molar-refractivity contribution < 1.29 is 0 Å². The number of aromatic nitrogens is 1. The van der Waals surface area contributed by atoms with Gasteiger partial charge in [-0.1, -0.05) is 170 Å². The van der Waals surface area contributed by atoms with Gasteiger partial charge >= 0.3 is 0 Å². The standard InChI is InChI=1S/C58H41N3/c1-4-15-40(16-5-1)41-27-32-48(33-28-41)61-57-26-13-12-24-51(57)53-38-45(31-36-58(53)61)44-30-35-55(60-54-25-14-20-43-19-10-11-23-49(43)54)52(37-44)46-29-34-50(42-17-6-2-7-18-42)56(39-46)59-47-21-8-3-9-22-47/h1-39,59-60H. The molecule has 0 bridgehead atoms. The van der Waals surface area contributed by atoms with Gasteiger partial charge in [0.1, 0.15) is 0 Å². The zero-order valence-corrected chi connectivity index (χ0v) is 33.5. The quantitative estimate of drug-likeness (QED) is 0.153. The third-order valence-electron chi connectivity index (χ3n) is 11.8. The molecule has 3 nitrogen and oxygen atoms in total. The molecule has 0 aliphatic rings. The molecule has 2 N–H and O–H groups in total. The fraction of sp³-hybridized carbons (Fsp3) is 0. The minimum absolute atomic E-state index is 1.04. The Morgan fingerprint density at radius 2 is 0.869 bits per heavy atom. The van der Waals surface area contributed by atoms with E-state index in [1.807, 2.05) is 0 Å². The summed E-state index contributed by atoms with van der Waals surface area (Å²) in [5, 5.41) is 12.5.